The topological polar surface area (TPSA) is 12.0 Å². The Morgan fingerprint density at radius 2 is 1.90 bits per heavy atom. The van der Waals surface area contributed by atoms with Crippen molar-refractivity contribution in [2.45, 2.75) is 32.2 Å². The van der Waals surface area contributed by atoms with Gasteiger partial charge in [0.1, 0.15) is 5.82 Å². The van der Waals surface area contributed by atoms with E-state index in [-0.39, 0.29) is 11.9 Å². The molecule has 0 aliphatic rings. The molecule has 2 aromatic carbocycles. The van der Waals surface area contributed by atoms with E-state index in [1.807, 2.05) is 24.3 Å². The van der Waals surface area contributed by atoms with Crippen molar-refractivity contribution in [2.75, 3.05) is 5.32 Å². The SMILES string of the molecule is CCCCC(Nc1ccc(Br)cc1F)c1ccccc1. The molecule has 0 heterocycles. The van der Waals surface area contributed by atoms with Crippen LogP contribution in [-0.4, -0.2) is 0 Å². The highest BCUT2D eigenvalue weighted by Crippen LogP contribution is 2.27. The van der Waals surface area contributed by atoms with Crippen LogP contribution in [0.15, 0.2) is 53.0 Å². The number of hydrogen-bond acceptors (Lipinski definition) is 1. The minimum Gasteiger partial charge on any atom is -0.376 e. The third-order valence-electron chi connectivity index (χ3n) is 3.31. The second-order valence-corrected chi connectivity index (χ2v) is 5.79. The van der Waals surface area contributed by atoms with Gasteiger partial charge in [-0.2, -0.15) is 0 Å². The summed E-state index contributed by atoms with van der Waals surface area (Å²) in [5, 5.41) is 3.33. The van der Waals surface area contributed by atoms with E-state index in [2.05, 4.69) is 40.3 Å². The molecule has 3 heteroatoms. The second kappa shape index (κ2) is 7.44. The molecule has 0 radical (unpaired) electrons. The van der Waals surface area contributed by atoms with Crippen LogP contribution in [0.4, 0.5) is 10.1 Å². The van der Waals surface area contributed by atoms with E-state index < -0.39 is 0 Å². The van der Waals surface area contributed by atoms with Crippen molar-refractivity contribution in [1.29, 1.82) is 0 Å². The Bertz CT molecular complexity index is 542. The van der Waals surface area contributed by atoms with Crippen molar-refractivity contribution in [2.24, 2.45) is 0 Å². The highest BCUT2D eigenvalue weighted by atomic mass is 79.9. The molecular formula is C17H19BrFN. The number of halogens is 2. The Balaban J connectivity index is 2.19. The molecule has 0 aliphatic heterocycles. The molecule has 2 rings (SSSR count). The number of unbranched alkanes of at least 4 members (excludes halogenated alkanes) is 1. The maximum Gasteiger partial charge on any atom is 0.147 e. The van der Waals surface area contributed by atoms with E-state index in [1.165, 1.54) is 11.6 Å². The minimum absolute atomic E-state index is 0.145. The van der Waals surface area contributed by atoms with Crippen LogP contribution in [0.1, 0.15) is 37.8 Å². The fourth-order valence-corrected chi connectivity index (χ4v) is 2.54. The van der Waals surface area contributed by atoms with Crippen LogP contribution in [0.25, 0.3) is 0 Å². The second-order valence-electron chi connectivity index (χ2n) is 4.87. The molecule has 20 heavy (non-hydrogen) atoms. The normalized spacial score (nSPS) is 12.2. The Kier molecular flexibility index (Phi) is 5.60. The van der Waals surface area contributed by atoms with Gasteiger partial charge >= 0.3 is 0 Å². The van der Waals surface area contributed by atoms with Gasteiger partial charge in [-0.25, -0.2) is 4.39 Å². The Morgan fingerprint density at radius 3 is 2.55 bits per heavy atom. The Hall–Kier alpha value is -1.35. The van der Waals surface area contributed by atoms with Gasteiger partial charge in [-0.1, -0.05) is 66.0 Å². The van der Waals surface area contributed by atoms with E-state index in [0.717, 1.165) is 23.7 Å². The van der Waals surface area contributed by atoms with Gasteiger partial charge in [0.2, 0.25) is 0 Å². The van der Waals surface area contributed by atoms with Crippen LogP contribution in [0.2, 0.25) is 0 Å². The highest BCUT2D eigenvalue weighted by molar-refractivity contribution is 9.10. The number of benzene rings is 2. The predicted molar refractivity (Wildman–Crippen MR) is 86.4 cm³/mol. The Labute approximate surface area is 128 Å². The molecule has 2 aromatic rings. The van der Waals surface area contributed by atoms with Gasteiger partial charge in [-0.05, 0) is 30.2 Å². The number of rotatable bonds is 6. The first-order valence-electron chi connectivity index (χ1n) is 6.97. The molecule has 0 spiro atoms. The number of hydrogen-bond donors (Lipinski definition) is 1. The lowest BCUT2D eigenvalue weighted by Crippen LogP contribution is -2.11. The predicted octanol–water partition coefficient (Wildman–Crippen LogP) is 5.93. The van der Waals surface area contributed by atoms with E-state index in [1.54, 1.807) is 6.07 Å². The summed E-state index contributed by atoms with van der Waals surface area (Å²) in [5.74, 6) is -0.225. The largest absolute Gasteiger partial charge is 0.376 e. The lowest BCUT2D eigenvalue weighted by Gasteiger charge is -2.21. The number of nitrogens with one attached hydrogen (secondary N) is 1. The van der Waals surface area contributed by atoms with Crippen molar-refractivity contribution < 1.29 is 4.39 Å². The molecule has 0 aromatic heterocycles. The molecule has 0 bridgehead atoms. The maximum atomic E-state index is 14.0. The first-order valence-corrected chi connectivity index (χ1v) is 7.76. The lowest BCUT2D eigenvalue weighted by atomic mass is 10.0. The van der Waals surface area contributed by atoms with Gasteiger partial charge < -0.3 is 5.32 Å². The summed E-state index contributed by atoms with van der Waals surface area (Å²) in [6.07, 6.45) is 3.24. The summed E-state index contributed by atoms with van der Waals surface area (Å²) >= 11 is 3.28. The third-order valence-corrected chi connectivity index (χ3v) is 3.80. The van der Waals surface area contributed by atoms with Gasteiger partial charge in [0, 0.05) is 4.47 Å². The van der Waals surface area contributed by atoms with Crippen molar-refractivity contribution >= 4 is 21.6 Å². The van der Waals surface area contributed by atoms with Crippen molar-refractivity contribution in [3.63, 3.8) is 0 Å². The smallest absolute Gasteiger partial charge is 0.147 e. The van der Waals surface area contributed by atoms with Crippen LogP contribution >= 0.6 is 15.9 Å². The molecule has 1 nitrogen and oxygen atoms in total. The van der Waals surface area contributed by atoms with Crippen molar-refractivity contribution in [1.82, 2.24) is 0 Å². The fourth-order valence-electron chi connectivity index (χ4n) is 2.21. The zero-order chi connectivity index (χ0) is 14.4. The Morgan fingerprint density at radius 1 is 1.15 bits per heavy atom. The highest BCUT2D eigenvalue weighted by Gasteiger charge is 2.12. The van der Waals surface area contributed by atoms with Gasteiger partial charge in [0.05, 0.1) is 11.7 Å². The van der Waals surface area contributed by atoms with Crippen LogP contribution in [0.5, 0.6) is 0 Å². The molecule has 1 unspecified atom stereocenters. The quantitative estimate of drug-likeness (QED) is 0.689. The van der Waals surface area contributed by atoms with E-state index >= 15 is 0 Å². The molecule has 1 atom stereocenters. The summed E-state index contributed by atoms with van der Waals surface area (Å²) in [4.78, 5) is 0. The summed E-state index contributed by atoms with van der Waals surface area (Å²) in [6, 6.07) is 15.5. The van der Waals surface area contributed by atoms with E-state index in [4.69, 9.17) is 0 Å². The number of anilines is 1. The van der Waals surface area contributed by atoms with Crippen LogP contribution in [0.3, 0.4) is 0 Å². The fraction of sp³-hybridized carbons (Fsp3) is 0.294. The first-order chi connectivity index (χ1) is 9.70. The molecule has 106 valence electrons. The average Bonchev–Trinajstić information content (AvgIpc) is 2.46. The lowest BCUT2D eigenvalue weighted by molar-refractivity contribution is 0.607. The van der Waals surface area contributed by atoms with Gasteiger partial charge in [-0.3, -0.25) is 0 Å². The maximum absolute atomic E-state index is 14.0. The summed E-state index contributed by atoms with van der Waals surface area (Å²) in [6.45, 7) is 2.17. The van der Waals surface area contributed by atoms with Crippen molar-refractivity contribution in [3.05, 3.63) is 64.4 Å². The van der Waals surface area contributed by atoms with Crippen molar-refractivity contribution in [3.8, 4) is 0 Å². The van der Waals surface area contributed by atoms with Gasteiger partial charge in [0.25, 0.3) is 0 Å². The van der Waals surface area contributed by atoms with Crippen LogP contribution in [-0.2, 0) is 0 Å². The summed E-state index contributed by atoms with van der Waals surface area (Å²) in [7, 11) is 0. The monoisotopic (exact) mass is 335 g/mol. The summed E-state index contributed by atoms with van der Waals surface area (Å²) in [5.41, 5.74) is 1.75. The molecular weight excluding hydrogens is 317 g/mol. The van der Waals surface area contributed by atoms with Gasteiger partial charge in [0.15, 0.2) is 0 Å². The zero-order valence-electron chi connectivity index (χ0n) is 11.6. The van der Waals surface area contributed by atoms with E-state index in [0.29, 0.717) is 5.69 Å². The van der Waals surface area contributed by atoms with Crippen LogP contribution in [0, 0.1) is 5.82 Å². The molecule has 1 N–H and O–H groups in total. The molecule has 0 fully saturated rings. The first kappa shape index (κ1) is 15.0. The molecule has 0 aliphatic carbocycles. The standard InChI is InChI=1S/C17H19BrFN/c1-2-3-9-16(13-7-5-4-6-8-13)20-17-11-10-14(18)12-15(17)19/h4-8,10-12,16,20H,2-3,9H2,1H3. The van der Waals surface area contributed by atoms with Crippen LogP contribution < -0.4 is 5.32 Å². The molecule has 0 saturated carbocycles. The molecule has 0 amide bonds. The third kappa shape index (κ3) is 4.07. The van der Waals surface area contributed by atoms with E-state index in [9.17, 15) is 4.39 Å². The average molecular weight is 336 g/mol. The molecule has 0 saturated heterocycles. The summed E-state index contributed by atoms with van der Waals surface area (Å²) < 4.78 is 14.7. The minimum atomic E-state index is -0.225. The zero-order valence-corrected chi connectivity index (χ0v) is 13.2. The van der Waals surface area contributed by atoms with Gasteiger partial charge in [-0.15, -0.1) is 0 Å².